The number of carbonyl (C=O) groups is 1. The fourth-order valence-corrected chi connectivity index (χ4v) is 2.58. The molecule has 1 aliphatic rings. The molecule has 4 nitrogen and oxygen atoms in total. The van der Waals surface area contributed by atoms with Crippen LogP contribution < -0.4 is 5.32 Å². The molecule has 1 aliphatic carbocycles. The van der Waals surface area contributed by atoms with Crippen LogP contribution in [0.2, 0.25) is 0 Å². The molecule has 1 N–H and O–H groups in total. The molecule has 2 heterocycles. The fraction of sp³-hybridized carbons (Fsp3) is 0.353. The van der Waals surface area contributed by atoms with Crippen LogP contribution in [-0.2, 0) is 11.2 Å². The van der Waals surface area contributed by atoms with Crippen molar-refractivity contribution in [3.8, 4) is 0 Å². The van der Waals surface area contributed by atoms with E-state index >= 15 is 0 Å². The minimum absolute atomic E-state index is 0.0324. The Morgan fingerprint density at radius 3 is 2.81 bits per heavy atom. The summed E-state index contributed by atoms with van der Waals surface area (Å²) in [5.74, 6) is 0.557. The number of hydrogen-bond donors (Lipinski definition) is 1. The molecule has 1 fully saturated rings. The van der Waals surface area contributed by atoms with Gasteiger partial charge < -0.3 is 5.32 Å². The monoisotopic (exact) mass is 281 g/mol. The second-order valence-corrected chi connectivity index (χ2v) is 5.63. The Bertz CT molecular complexity index is 623. The molecule has 3 rings (SSSR count). The summed E-state index contributed by atoms with van der Waals surface area (Å²) in [4.78, 5) is 20.8. The van der Waals surface area contributed by atoms with Gasteiger partial charge in [-0.3, -0.25) is 14.8 Å². The molecular formula is C17H19N3O. The summed E-state index contributed by atoms with van der Waals surface area (Å²) >= 11 is 0. The molecule has 2 aromatic heterocycles. The van der Waals surface area contributed by atoms with E-state index in [0.717, 1.165) is 29.7 Å². The van der Waals surface area contributed by atoms with Crippen LogP contribution in [0.3, 0.4) is 0 Å². The Morgan fingerprint density at radius 2 is 2.14 bits per heavy atom. The molecule has 1 saturated carbocycles. The van der Waals surface area contributed by atoms with E-state index < -0.39 is 0 Å². The van der Waals surface area contributed by atoms with E-state index in [0.29, 0.717) is 12.3 Å². The molecule has 1 atom stereocenters. The summed E-state index contributed by atoms with van der Waals surface area (Å²) in [6.07, 6.45) is 7.93. The maximum Gasteiger partial charge on any atom is 0.225 e. The van der Waals surface area contributed by atoms with Gasteiger partial charge in [-0.15, -0.1) is 0 Å². The molecule has 4 heteroatoms. The average molecular weight is 281 g/mol. The summed E-state index contributed by atoms with van der Waals surface area (Å²) in [6, 6.07) is 7.79. The van der Waals surface area contributed by atoms with Gasteiger partial charge in [0.15, 0.2) is 0 Å². The number of aromatic nitrogens is 2. The second kappa shape index (κ2) is 6.04. The lowest BCUT2D eigenvalue weighted by molar-refractivity contribution is -0.121. The summed E-state index contributed by atoms with van der Waals surface area (Å²) in [6.45, 7) is 2.05. The number of hydrogen-bond acceptors (Lipinski definition) is 3. The van der Waals surface area contributed by atoms with Gasteiger partial charge in [0.25, 0.3) is 0 Å². The first kappa shape index (κ1) is 13.7. The second-order valence-electron chi connectivity index (χ2n) is 5.63. The molecular weight excluding hydrogens is 262 g/mol. The van der Waals surface area contributed by atoms with Gasteiger partial charge in [-0.2, -0.15) is 0 Å². The zero-order valence-electron chi connectivity index (χ0n) is 12.1. The SMILES string of the molecule is Cc1cccnc1[C@@H](NC(=O)Cc1cccnc1)C1CC1. The van der Waals surface area contributed by atoms with Crippen molar-refractivity contribution in [1.82, 2.24) is 15.3 Å². The minimum atomic E-state index is 0.0324. The first-order valence-electron chi connectivity index (χ1n) is 7.34. The van der Waals surface area contributed by atoms with E-state index in [2.05, 4.69) is 15.3 Å². The van der Waals surface area contributed by atoms with Crippen molar-refractivity contribution in [3.05, 3.63) is 59.7 Å². The molecule has 0 radical (unpaired) electrons. The topological polar surface area (TPSA) is 54.9 Å². The minimum Gasteiger partial charge on any atom is -0.347 e. The van der Waals surface area contributed by atoms with E-state index in [1.165, 1.54) is 0 Å². The molecule has 0 aromatic carbocycles. The van der Waals surface area contributed by atoms with Crippen LogP contribution in [-0.4, -0.2) is 15.9 Å². The van der Waals surface area contributed by atoms with Crippen LogP contribution in [0.5, 0.6) is 0 Å². The fourth-order valence-electron chi connectivity index (χ4n) is 2.58. The summed E-state index contributed by atoms with van der Waals surface area (Å²) < 4.78 is 0. The number of carbonyl (C=O) groups excluding carboxylic acids is 1. The predicted octanol–water partition coefficient (Wildman–Crippen LogP) is 2.60. The molecule has 0 aliphatic heterocycles. The van der Waals surface area contributed by atoms with Crippen LogP contribution in [0, 0.1) is 12.8 Å². The summed E-state index contributed by atoms with van der Waals surface area (Å²) in [7, 11) is 0. The quantitative estimate of drug-likeness (QED) is 0.916. The Hall–Kier alpha value is -2.23. The maximum absolute atomic E-state index is 12.3. The highest BCUT2D eigenvalue weighted by Gasteiger charge is 2.34. The molecule has 0 saturated heterocycles. The van der Waals surface area contributed by atoms with Crippen molar-refractivity contribution in [2.45, 2.75) is 32.2 Å². The smallest absolute Gasteiger partial charge is 0.225 e. The van der Waals surface area contributed by atoms with E-state index in [4.69, 9.17) is 0 Å². The lowest BCUT2D eigenvalue weighted by Crippen LogP contribution is -2.32. The number of nitrogens with one attached hydrogen (secondary N) is 1. The van der Waals surface area contributed by atoms with Gasteiger partial charge in [0.1, 0.15) is 0 Å². The van der Waals surface area contributed by atoms with E-state index in [-0.39, 0.29) is 11.9 Å². The van der Waals surface area contributed by atoms with Crippen LogP contribution >= 0.6 is 0 Å². The molecule has 0 unspecified atom stereocenters. The lowest BCUT2D eigenvalue weighted by Gasteiger charge is -2.19. The van der Waals surface area contributed by atoms with Crippen LogP contribution in [0.15, 0.2) is 42.9 Å². The van der Waals surface area contributed by atoms with Gasteiger partial charge in [0, 0.05) is 18.6 Å². The maximum atomic E-state index is 12.3. The Labute approximate surface area is 124 Å². The summed E-state index contributed by atoms with van der Waals surface area (Å²) in [5, 5.41) is 3.16. The Kier molecular flexibility index (Phi) is 3.95. The van der Waals surface area contributed by atoms with Gasteiger partial charge in [-0.25, -0.2) is 0 Å². The van der Waals surface area contributed by atoms with E-state index in [9.17, 15) is 4.79 Å². The number of nitrogens with zero attached hydrogens (tertiary/aromatic N) is 2. The Balaban J connectivity index is 1.71. The normalized spacial score (nSPS) is 15.5. The third-order valence-corrected chi connectivity index (χ3v) is 3.84. The number of amides is 1. The van der Waals surface area contributed by atoms with Crippen molar-refractivity contribution in [1.29, 1.82) is 0 Å². The van der Waals surface area contributed by atoms with Crippen molar-refractivity contribution in [3.63, 3.8) is 0 Å². The van der Waals surface area contributed by atoms with E-state index in [1.807, 2.05) is 31.2 Å². The molecule has 0 spiro atoms. The van der Waals surface area contributed by atoms with Crippen molar-refractivity contribution in [2.75, 3.05) is 0 Å². The van der Waals surface area contributed by atoms with Crippen LogP contribution in [0.1, 0.15) is 35.7 Å². The summed E-state index contributed by atoms with van der Waals surface area (Å²) in [5.41, 5.74) is 3.07. The van der Waals surface area contributed by atoms with Crippen molar-refractivity contribution in [2.24, 2.45) is 5.92 Å². The highest BCUT2D eigenvalue weighted by Crippen LogP contribution is 2.41. The molecule has 108 valence electrons. The molecule has 21 heavy (non-hydrogen) atoms. The predicted molar refractivity (Wildman–Crippen MR) is 80.5 cm³/mol. The van der Waals surface area contributed by atoms with Crippen molar-refractivity contribution < 1.29 is 4.79 Å². The van der Waals surface area contributed by atoms with Gasteiger partial charge >= 0.3 is 0 Å². The van der Waals surface area contributed by atoms with Crippen molar-refractivity contribution >= 4 is 5.91 Å². The van der Waals surface area contributed by atoms with E-state index in [1.54, 1.807) is 18.6 Å². The van der Waals surface area contributed by atoms with Crippen LogP contribution in [0.25, 0.3) is 0 Å². The lowest BCUT2D eigenvalue weighted by atomic mass is 10.0. The molecule has 0 bridgehead atoms. The highest BCUT2D eigenvalue weighted by atomic mass is 16.1. The number of rotatable bonds is 5. The zero-order chi connectivity index (χ0) is 14.7. The third-order valence-electron chi connectivity index (χ3n) is 3.84. The average Bonchev–Trinajstić information content (AvgIpc) is 3.31. The zero-order valence-corrected chi connectivity index (χ0v) is 12.1. The standard InChI is InChI=1S/C17H19N3O/c1-12-4-2-9-19-16(12)17(14-6-7-14)20-15(21)10-13-5-3-8-18-11-13/h2-5,8-9,11,14,17H,6-7,10H2,1H3,(H,20,21)/t17-/m0/s1. The van der Waals surface area contributed by atoms with Gasteiger partial charge in [-0.1, -0.05) is 12.1 Å². The Morgan fingerprint density at radius 1 is 1.33 bits per heavy atom. The number of aryl methyl sites for hydroxylation is 1. The van der Waals surface area contributed by atoms with Gasteiger partial charge in [-0.05, 0) is 48.9 Å². The largest absolute Gasteiger partial charge is 0.347 e. The first-order valence-corrected chi connectivity index (χ1v) is 7.34. The van der Waals surface area contributed by atoms with Gasteiger partial charge in [0.05, 0.1) is 18.2 Å². The van der Waals surface area contributed by atoms with Gasteiger partial charge in [0.2, 0.25) is 5.91 Å². The number of pyridine rings is 2. The highest BCUT2D eigenvalue weighted by molar-refractivity contribution is 5.79. The first-order chi connectivity index (χ1) is 10.2. The molecule has 1 amide bonds. The van der Waals surface area contributed by atoms with Crippen LogP contribution in [0.4, 0.5) is 0 Å². The molecule has 2 aromatic rings. The third kappa shape index (κ3) is 3.45.